The summed E-state index contributed by atoms with van der Waals surface area (Å²) in [6, 6.07) is 19.9. The molecule has 5 aromatic rings. The number of alkyl halides is 2. The lowest BCUT2D eigenvalue weighted by atomic mass is 9.84. The molecule has 0 amide bonds. The monoisotopic (exact) mass is 671 g/mol. The van der Waals surface area contributed by atoms with E-state index in [0.29, 0.717) is 29.5 Å². The summed E-state index contributed by atoms with van der Waals surface area (Å²) >= 11 is 0. The van der Waals surface area contributed by atoms with Gasteiger partial charge in [-0.1, -0.05) is 36.1 Å². The summed E-state index contributed by atoms with van der Waals surface area (Å²) in [6.45, 7) is 4.74. The van der Waals surface area contributed by atoms with Gasteiger partial charge in [0.1, 0.15) is 36.0 Å². The fourth-order valence-electron chi connectivity index (χ4n) is 5.48. The highest BCUT2D eigenvalue weighted by Gasteiger charge is 2.58. The molecule has 1 saturated heterocycles. The normalized spacial score (nSPS) is 15.3. The van der Waals surface area contributed by atoms with Crippen LogP contribution >= 0.6 is 0 Å². The van der Waals surface area contributed by atoms with Gasteiger partial charge in [-0.25, -0.2) is 13.5 Å². The Balaban J connectivity index is 1.08. The van der Waals surface area contributed by atoms with Crippen molar-refractivity contribution in [3.05, 3.63) is 137 Å². The molecule has 0 radical (unpaired) electrons. The van der Waals surface area contributed by atoms with Crippen LogP contribution in [0.1, 0.15) is 33.5 Å². The third-order valence-electron chi connectivity index (χ3n) is 8.40. The van der Waals surface area contributed by atoms with Crippen LogP contribution < -0.4 is 4.74 Å². The quantitative estimate of drug-likeness (QED) is 0.168. The molecule has 0 bridgehead atoms. The fraction of sp³-hybridized carbons (Fsp3) is 0.278. The Morgan fingerprint density at radius 3 is 2.20 bits per heavy atom. The largest absolute Gasteiger partial charge is 0.489 e. The number of aliphatic hydroxyl groups is 1. The van der Waals surface area contributed by atoms with E-state index in [2.05, 4.69) is 73.5 Å². The Kier molecular flexibility index (Phi) is 10.0. The molecule has 1 aliphatic heterocycles. The molecule has 0 saturated carbocycles. The van der Waals surface area contributed by atoms with Crippen molar-refractivity contribution in [2.24, 2.45) is 0 Å². The van der Waals surface area contributed by atoms with E-state index >= 15 is 8.78 Å². The van der Waals surface area contributed by atoms with Gasteiger partial charge in [-0.05, 0) is 77.1 Å². The van der Waals surface area contributed by atoms with Gasteiger partial charge in [-0.3, -0.25) is 9.88 Å². The molecule has 3 aromatic carbocycles. The fourth-order valence-corrected chi connectivity index (χ4v) is 5.48. The van der Waals surface area contributed by atoms with Crippen molar-refractivity contribution in [1.82, 2.24) is 35.0 Å². The number of rotatable bonds is 10. The molecule has 2 aromatic heterocycles. The Morgan fingerprint density at radius 2 is 1.55 bits per heavy atom. The van der Waals surface area contributed by atoms with Crippen LogP contribution in [0.5, 0.6) is 5.75 Å². The highest BCUT2D eigenvalue weighted by atomic mass is 19.3. The lowest BCUT2D eigenvalue weighted by Crippen LogP contribution is -2.48. The van der Waals surface area contributed by atoms with Gasteiger partial charge in [0, 0.05) is 61.7 Å². The highest BCUT2D eigenvalue weighted by Crippen LogP contribution is 2.46. The Morgan fingerprint density at radius 1 is 0.857 bits per heavy atom. The maximum absolute atomic E-state index is 16.0. The van der Waals surface area contributed by atoms with Crippen molar-refractivity contribution < 1.29 is 27.4 Å². The minimum atomic E-state index is -4.16. The maximum atomic E-state index is 16.0. The zero-order valence-electron chi connectivity index (χ0n) is 26.6. The van der Waals surface area contributed by atoms with Crippen LogP contribution in [0.4, 0.5) is 17.6 Å². The molecular formula is C36H33F4N7O2. The minimum Gasteiger partial charge on any atom is -0.489 e. The smallest absolute Gasteiger partial charge is 0.323 e. The van der Waals surface area contributed by atoms with Gasteiger partial charge >= 0.3 is 5.92 Å². The number of tetrazole rings is 1. The van der Waals surface area contributed by atoms with Crippen molar-refractivity contribution in [2.75, 3.05) is 33.2 Å². The lowest BCUT2D eigenvalue weighted by molar-refractivity contribution is -0.207. The first-order valence-corrected chi connectivity index (χ1v) is 15.6. The number of benzene rings is 3. The van der Waals surface area contributed by atoms with Gasteiger partial charge in [-0.15, -0.1) is 5.10 Å². The van der Waals surface area contributed by atoms with Crippen molar-refractivity contribution in [3.8, 4) is 17.6 Å². The molecule has 9 nitrogen and oxygen atoms in total. The second kappa shape index (κ2) is 14.5. The van der Waals surface area contributed by atoms with E-state index < -0.39 is 41.0 Å². The first kappa shape index (κ1) is 33.7. The topological polar surface area (TPSA) is 92.4 Å². The summed E-state index contributed by atoms with van der Waals surface area (Å²) in [7, 11) is 2.15. The van der Waals surface area contributed by atoms with Gasteiger partial charge in [0.2, 0.25) is 0 Å². The van der Waals surface area contributed by atoms with E-state index in [4.69, 9.17) is 4.74 Å². The number of pyridine rings is 1. The molecule has 1 aliphatic rings. The van der Waals surface area contributed by atoms with E-state index in [1.165, 1.54) is 11.6 Å². The third-order valence-corrected chi connectivity index (χ3v) is 8.40. The number of likely N-dealkylation sites (N-methyl/N-ethyl adjacent to an activating group) is 1. The van der Waals surface area contributed by atoms with Crippen LogP contribution in [-0.4, -0.2) is 73.3 Å². The lowest BCUT2D eigenvalue weighted by Gasteiger charge is -2.35. The molecule has 1 unspecified atom stereocenters. The number of nitrogens with zero attached hydrogens (tertiary/aromatic N) is 7. The summed E-state index contributed by atoms with van der Waals surface area (Å²) in [5.41, 5.74) is -1.60. The van der Waals surface area contributed by atoms with Crippen LogP contribution in [-0.2, 0) is 31.2 Å². The summed E-state index contributed by atoms with van der Waals surface area (Å²) in [5, 5.41) is 21.6. The minimum absolute atomic E-state index is 0.327. The van der Waals surface area contributed by atoms with E-state index in [9.17, 15) is 13.9 Å². The predicted octanol–water partition coefficient (Wildman–Crippen LogP) is 4.75. The molecule has 252 valence electrons. The summed E-state index contributed by atoms with van der Waals surface area (Å²) in [4.78, 5) is 8.64. The van der Waals surface area contributed by atoms with Gasteiger partial charge in [0.25, 0.3) is 0 Å². The number of ether oxygens (including phenoxy) is 1. The average molecular weight is 672 g/mol. The number of piperazine rings is 1. The summed E-state index contributed by atoms with van der Waals surface area (Å²) in [5.74, 6) is -0.00109. The van der Waals surface area contributed by atoms with Crippen molar-refractivity contribution in [2.45, 2.75) is 31.2 Å². The van der Waals surface area contributed by atoms with Crippen LogP contribution in [0.2, 0.25) is 0 Å². The number of aromatic nitrogens is 5. The van der Waals surface area contributed by atoms with E-state index in [1.54, 1.807) is 24.3 Å². The maximum Gasteiger partial charge on any atom is 0.323 e. The highest BCUT2D eigenvalue weighted by molar-refractivity contribution is 5.44. The molecule has 3 heterocycles. The molecule has 1 N–H and O–H groups in total. The first-order valence-electron chi connectivity index (χ1n) is 15.6. The predicted molar refractivity (Wildman–Crippen MR) is 172 cm³/mol. The average Bonchev–Trinajstić information content (AvgIpc) is 3.61. The standard InChI is InChI=1S/C36H33F4N7O2/c1-45-16-18-46(19-17-45)22-28-4-6-29(7-5-28)23-49-31-12-8-26(9-13-31)2-3-27-10-15-34(41-21-27)36(39,40)35(48,24-47-25-42-43-44-47)32-14-11-30(37)20-33(32)38/h4-15,20-21,25,48H,16-19,22-24H2,1H3. The van der Waals surface area contributed by atoms with Crippen LogP contribution in [0.15, 0.2) is 91.4 Å². The van der Waals surface area contributed by atoms with E-state index in [-0.39, 0.29) is 0 Å². The Labute approximate surface area is 280 Å². The van der Waals surface area contributed by atoms with Crippen LogP contribution in [0.25, 0.3) is 0 Å². The third kappa shape index (κ3) is 7.94. The summed E-state index contributed by atoms with van der Waals surface area (Å²) < 4.78 is 67.0. The number of hydrogen-bond acceptors (Lipinski definition) is 8. The molecule has 1 fully saturated rings. The van der Waals surface area contributed by atoms with E-state index in [1.807, 2.05) is 0 Å². The molecular weight excluding hydrogens is 638 g/mol. The van der Waals surface area contributed by atoms with Crippen LogP contribution in [0, 0.1) is 23.5 Å². The van der Waals surface area contributed by atoms with Gasteiger partial charge in [0.15, 0.2) is 5.60 Å². The Hall–Kier alpha value is -5.16. The second-order valence-electron chi connectivity index (χ2n) is 12.0. The molecule has 0 spiro atoms. The number of hydrogen-bond donors (Lipinski definition) is 1. The van der Waals surface area contributed by atoms with Crippen LogP contribution in [0.3, 0.4) is 0 Å². The van der Waals surface area contributed by atoms with Crippen molar-refractivity contribution in [3.63, 3.8) is 0 Å². The molecule has 13 heteroatoms. The zero-order valence-corrected chi connectivity index (χ0v) is 26.6. The first-order chi connectivity index (χ1) is 23.6. The van der Waals surface area contributed by atoms with E-state index in [0.717, 1.165) is 73.7 Å². The SMILES string of the molecule is CN1CCN(Cc2ccc(COc3ccc(C#Cc4ccc(C(F)(F)C(O)(Cn5cnnn5)c5ccc(F)cc5F)nc4)cc3)cc2)CC1. The second-order valence-corrected chi connectivity index (χ2v) is 12.0. The van der Waals surface area contributed by atoms with Gasteiger partial charge in [0.05, 0.1) is 6.54 Å². The molecule has 49 heavy (non-hydrogen) atoms. The van der Waals surface area contributed by atoms with Crippen molar-refractivity contribution in [1.29, 1.82) is 0 Å². The Bertz CT molecular complexity index is 1900. The van der Waals surface area contributed by atoms with Gasteiger partial charge < -0.3 is 14.7 Å². The molecule has 0 aliphatic carbocycles. The number of halogens is 4. The molecule has 1 atom stereocenters. The zero-order chi connectivity index (χ0) is 34.4. The van der Waals surface area contributed by atoms with Gasteiger partial charge in [-0.2, -0.15) is 8.78 Å². The van der Waals surface area contributed by atoms with Crippen molar-refractivity contribution >= 4 is 0 Å². The summed E-state index contributed by atoms with van der Waals surface area (Å²) in [6.07, 6.45) is 2.12. The molecule has 6 rings (SSSR count).